The van der Waals surface area contributed by atoms with Gasteiger partial charge in [0.2, 0.25) is 5.91 Å². The topological polar surface area (TPSA) is 61.0 Å². The van der Waals surface area contributed by atoms with Crippen LogP contribution in [-0.4, -0.2) is 41.6 Å². The Bertz CT molecular complexity index is 281. The predicted octanol–water partition coefficient (Wildman–Crippen LogP) is 0.148. The van der Waals surface area contributed by atoms with Gasteiger partial charge in [0.15, 0.2) is 0 Å². The molecule has 0 aliphatic rings. The SMILES string of the molecule is CC(NCC(=O)N(C)C)c1ccn[nH]1. The van der Waals surface area contributed by atoms with E-state index in [9.17, 15) is 4.79 Å². The van der Waals surface area contributed by atoms with E-state index >= 15 is 0 Å². The highest BCUT2D eigenvalue weighted by Gasteiger charge is 2.09. The van der Waals surface area contributed by atoms with Crippen molar-refractivity contribution >= 4 is 5.91 Å². The van der Waals surface area contributed by atoms with Crippen LogP contribution in [0.15, 0.2) is 12.3 Å². The highest BCUT2D eigenvalue weighted by atomic mass is 16.2. The molecule has 1 rings (SSSR count). The molecule has 0 bridgehead atoms. The van der Waals surface area contributed by atoms with Gasteiger partial charge >= 0.3 is 0 Å². The average molecular weight is 196 g/mol. The molecule has 0 fully saturated rings. The summed E-state index contributed by atoms with van der Waals surface area (Å²) in [7, 11) is 3.48. The van der Waals surface area contributed by atoms with Crippen molar-refractivity contribution in [2.75, 3.05) is 20.6 Å². The molecule has 0 radical (unpaired) electrons. The fourth-order valence-corrected chi connectivity index (χ4v) is 1.02. The van der Waals surface area contributed by atoms with Gasteiger partial charge in [0, 0.05) is 26.3 Å². The summed E-state index contributed by atoms with van der Waals surface area (Å²) in [5, 5.41) is 9.80. The molecule has 5 nitrogen and oxygen atoms in total. The predicted molar refractivity (Wildman–Crippen MR) is 53.7 cm³/mol. The number of aromatic amines is 1. The third-order valence-corrected chi connectivity index (χ3v) is 2.05. The van der Waals surface area contributed by atoms with Gasteiger partial charge in [-0.1, -0.05) is 0 Å². The number of hydrogen-bond donors (Lipinski definition) is 2. The molecular formula is C9H16N4O. The van der Waals surface area contributed by atoms with Gasteiger partial charge in [-0.15, -0.1) is 0 Å². The minimum atomic E-state index is 0.0661. The standard InChI is InChI=1S/C9H16N4O/c1-7(8-4-5-11-12-8)10-6-9(14)13(2)3/h4-5,7,10H,6H2,1-3H3,(H,11,12). The second-order valence-corrected chi connectivity index (χ2v) is 3.40. The van der Waals surface area contributed by atoms with Crippen molar-refractivity contribution in [3.63, 3.8) is 0 Å². The Labute approximate surface area is 83.5 Å². The van der Waals surface area contributed by atoms with E-state index in [1.165, 1.54) is 0 Å². The third kappa shape index (κ3) is 2.85. The molecule has 14 heavy (non-hydrogen) atoms. The normalized spacial score (nSPS) is 12.5. The maximum absolute atomic E-state index is 11.3. The highest BCUT2D eigenvalue weighted by Crippen LogP contribution is 2.06. The number of carbonyl (C=O) groups is 1. The van der Waals surface area contributed by atoms with Crippen LogP contribution in [0.2, 0.25) is 0 Å². The Hall–Kier alpha value is -1.36. The van der Waals surface area contributed by atoms with Gasteiger partial charge in [-0.2, -0.15) is 5.10 Å². The third-order valence-electron chi connectivity index (χ3n) is 2.05. The van der Waals surface area contributed by atoms with Crippen LogP contribution in [0.25, 0.3) is 0 Å². The minimum Gasteiger partial charge on any atom is -0.348 e. The van der Waals surface area contributed by atoms with Crippen LogP contribution >= 0.6 is 0 Å². The smallest absolute Gasteiger partial charge is 0.236 e. The van der Waals surface area contributed by atoms with Crippen LogP contribution in [0, 0.1) is 0 Å². The molecule has 1 aromatic rings. The van der Waals surface area contributed by atoms with Crippen LogP contribution in [0.4, 0.5) is 0 Å². The van der Waals surface area contributed by atoms with Gasteiger partial charge in [0.25, 0.3) is 0 Å². The van der Waals surface area contributed by atoms with Crippen LogP contribution in [0.1, 0.15) is 18.7 Å². The molecule has 1 heterocycles. The number of amides is 1. The van der Waals surface area contributed by atoms with Gasteiger partial charge in [0.05, 0.1) is 12.2 Å². The number of likely N-dealkylation sites (N-methyl/N-ethyl adjacent to an activating group) is 1. The first kappa shape index (κ1) is 10.7. The summed E-state index contributed by atoms with van der Waals surface area (Å²) in [5.41, 5.74) is 0.983. The molecular weight excluding hydrogens is 180 g/mol. The molecule has 2 N–H and O–H groups in total. The van der Waals surface area contributed by atoms with Gasteiger partial charge < -0.3 is 10.2 Å². The number of carbonyl (C=O) groups excluding carboxylic acids is 1. The zero-order valence-corrected chi connectivity index (χ0v) is 8.74. The fraction of sp³-hybridized carbons (Fsp3) is 0.556. The Morgan fingerprint density at radius 1 is 1.71 bits per heavy atom. The molecule has 1 amide bonds. The maximum atomic E-state index is 11.3. The van der Waals surface area contributed by atoms with Crippen molar-refractivity contribution in [3.05, 3.63) is 18.0 Å². The van der Waals surface area contributed by atoms with Gasteiger partial charge in [-0.3, -0.25) is 9.89 Å². The Balaban J connectivity index is 2.36. The quantitative estimate of drug-likeness (QED) is 0.720. The van der Waals surface area contributed by atoms with Crippen molar-refractivity contribution in [1.29, 1.82) is 0 Å². The zero-order chi connectivity index (χ0) is 10.6. The second-order valence-electron chi connectivity index (χ2n) is 3.40. The number of aromatic nitrogens is 2. The largest absolute Gasteiger partial charge is 0.348 e. The number of rotatable bonds is 4. The van der Waals surface area contributed by atoms with Crippen LogP contribution < -0.4 is 5.32 Å². The van der Waals surface area contributed by atoms with E-state index < -0.39 is 0 Å². The zero-order valence-electron chi connectivity index (χ0n) is 8.74. The monoisotopic (exact) mass is 196 g/mol. The van der Waals surface area contributed by atoms with E-state index in [1.807, 2.05) is 13.0 Å². The van der Waals surface area contributed by atoms with Gasteiger partial charge in [-0.25, -0.2) is 0 Å². The summed E-state index contributed by atoms with van der Waals surface area (Å²) in [5.74, 6) is 0.0661. The van der Waals surface area contributed by atoms with E-state index in [0.29, 0.717) is 6.54 Å². The molecule has 0 spiro atoms. The summed E-state index contributed by atoms with van der Waals surface area (Å²) >= 11 is 0. The average Bonchev–Trinajstić information content (AvgIpc) is 2.66. The Morgan fingerprint density at radius 2 is 2.43 bits per heavy atom. The van der Waals surface area contributed by atoms with Crippen LogP contribution in [-0.2, 0) is 4.79 Å². The summed E-state index contributed by atoms with van der Waals surface area (Å²) in [6.45, 7) is 2.32. The molecule has 0 aliphatic heterocycles. The lowest BCUT2D eigenvalue weighted by molar-refractivity contribution is -0.127. The molecule has 0 aliphatic carbocycles. The number of nitrogens with one attached hydrogen (secondary N) is 2. The first-order valence-corrected chi connectivity index (χ1v) is 4.54. The van der Waals surface area contributed by atoms with Gasteiger partial charge in [-0.05, 0) is 13.0 Å². The lowest BCUT2D eigenvalue weighted by Crippen LogP contribution is -2.34. The van der Waals surface area contributed by atoms with E-state index in [1.54, 1.807) is 25.2 Å². The fourth-order valence-electron chi connectivity index (χ4n) is 1.02. The molecule has 1 aromatic heterocycles. The maximum Gasteiger partial charge on any atom is 0.236 e. The molecule has 1 unspecified atom stereocenters. The first-order chi connectivity index (χ1) is 6.61. The van der Waals surface area contributed by atoms with Crippen molar-refractivity contribution in [2.45, 2.75) is 13.0 Å². The number of H-pyrrole nitrogens is 1. The first-order valence-electron chi connectivity index (χ1n) is 4.54. The Kier molecular flexibility index (Phi) is 3.64. The lowest BCUT2D eigenvalue weighted by Gasteiger charge is -2.14. The summed E-state index contributed by atoms with van der Waals surface area (Å²) in [4.78, 5) is 12.8. The molecule has 78 valence electrons. The minimum absolute atomic E-state index is 0.0661. The molecule has 0 saturated carbocycles. The highest BCUT2D eigenvalue weighted by molar-refractivity contribution is 5.77. The molecule has 0 saturated heterocycles. The van der Waals surface area contributed by atoms with E-state index in [0.717, 1.165) is 5.69 Å². The van der Waals surface area contributed by atoms with Crippen LogP contribution in [0.3, 0.4) is 0 Å². The number of nitrogens with zero attached hydrogens (tertiary/aromatic N) is 2. The summed E-state index contributed by atoms with van der Waals surface area (Å²) in [6, 6.07) is 2.00. The van der Waals surface area contributed by atoms with Crippen molar-refractivity contribution < 1.29 is 4.79 Å². The number of hydrogen-bond acceptors (Lipinski definition) is 3. The van der Waals surface area contributed by atoms with E-state index in [-0.39, 0.29) is 11.9 Å². The summed E-state index contributed by atoms with van der Waals surface area (Å²) in [6.07, 6.45) is 1.70. The molecule has 0 aromatic carbocycles. The van der Waals surface area contributed by atoms with Gasteiger partial charge in [0.1, 0.15) is 0 Å². The van der Waals surface area contributed by atoms with Crippen molar-refractivity contribution in [2.24, 2.45) is 0 Å². The van der Waals surface area contributed by atoms with Crippen LogP contribution in [0.5, 0.6) is 0 Å². The summed E-state index contributed by atoms with van der Waals surface area (Å²) < 4.78 is 0. The second kappa shape index (κ2) is 4.76. The lowest BCUT2D eigenvalue weighted by atomic mass is 10.2. The molecule has 5 heteroatoms. The van der Waals surface area contributed by atoms with E-state index in [4.69, 9.17) is 0 Å². The Morgan fingerprint density at radius 3 is 2.93 bits per heavy atom. The van der Waals surface area contributed by atoms with E-state index in [2.05, 4.69) is 15.5 Å². The van der Waals surface area contributed by atoms with Crippen molar-refractivity contribution in [1.82, 2.24) is 20.4 Å². The van der Waals surface area contributed by atoms with Crippen molar-refractivity contribution in [3.8, 4) is 0 Å². The molecule has 1 atom stereocenters.